The van der Waals surface area contributed by atoms with Gasteiger partial charge in [-0.3, -0.25) is 9.89 Å². The van der Waals surface area contributed by atoms with E-state index < -0.39 is 0 Å². The van der Waals surface area contributed by atoms with Gasteiger partial charge < -0.3 is 25.0 Å². The number of pyridine rings is 2. The molecule has 4 N–H and O–H groups in total. The Morgan fingerprint density at radius 3 is 2.67 bits per heavy atom. The highest BCUT2D eigenvalue weighted by Gasteiger charge is 2.20. The summed E-state index contributed by atoms with van der Waals surface area (Å²) in [5.41, 5.74) is 3.13. The maximum Gasteiger partial charge on any atom is 0.258 e. The Kier molecular flexibility index (Phi) is 5.79. The summed E-state index contributed by atoms with van der Waals surface area (Å²) >= 11 is 0. The summed E-state index contributed by atoms with van der Waals surface area (Å²) in [6, 6.07) is 12.5. The lowest BCUT2D eigenvalue weighted by atomic mass is 9.98. The first-order chi connectivity index (χ1) is 17.6. The number of piperazine rings is 1. The second kappa shape index (κ2) is 9.25. The SMILES string of the molecule is Cc1[nH]nc2nc(-c3ccc(O)cc3)c3c(=O)[nH]c4cc(OCCCN5CCNCC5)ccc4c3c12. The van der Waals surface area contributed by atoms with Gasteiger partial charge in [-0.05, 0) is 49.7 Å². The fourth-order valence-electron chi connectivity index (χ4n) is 5.05. The lowest BCUT2D eigenvalue weighted by molar-refractivity contribution is 0.214. The van der Waals surface area contributed by atoms with E-state index in [0.717, 1.165) is 72.3 Å². The molecule has 5 aromatic rings. The number of nitrogens with zero attached hydrogens (tertiary/aromatic N) is 3. The van der Waals surface area contributed by atoms with Gasteiger partial charge >= 0.3 is 0 Å². The summed E-state index contributed by atoms with van der Waals surface area (Å²) < 4.78 is 6.04. The normalized spacial score (nSPS) is 14.7. The number of aromatic hydroxyl groups is 1. The summed E-state index contributed by atoms with van der Waals surface area (Å²) in [4.78, 5) is 23.7. The van der Waals surface area contributed by atoms with E-state index in [-0.39, 0.29) is 11.3 Å². The monoisotopic (exact) mass is 484 g/mol. The van der Waals surface area contributed by atoms with Gasteiger partial charge in [-0.2, -0.15) is 5.10 Å². The van der Waals surface area contributed by atoms with Crippen LogP contribution in [0.4, 0.5) is 0 Å². The molecule has 0 amide bonds. The van der Waals surface area contributed by atoms with Crippen LogP contribution in [0.25, 0.3) is 44.0 Å². The second-order valence-electron chi connectivity index (χ2n) is 9.26. The average Bonchev–Trinajstić information content (AvgIpc) is 3.27. The molecule has 3 aromatic heterocycles. The van der Waals surface area contributed by atoms with Gasteiger partial charge in [0.2, 0.25) is 0 Å². The van der Waals surface area contributed by atoms with E-state index in [0.29, 0.717) is 28.9 Å². The quantitative estimate of drug-likeness (QED) is 0.216. The molecule has 184 valence electrons. The molecule has 0 saturated carbocycles. The predicted octanol–water partition coefficient (Wildman–Crippen LogP) is 3.31. The number of phenols is 1. The Hall–Kier alpha value is -3.95. The van der Waals surface area contributed by atoms with Gasteiger partial charge in [-0.1, -0.05) is 0 Å². The van der Waals surface area contributed by atoms with Gasteiger partial charge in [0.15, 0.2) is 5.65 Å². The van der Waals surface area contributed by atoms with Crippen LogP contribution >= 0.6 is 0 Å². The Bertz CT molecular complexity index is 1620. The molecular weight excluding hydrogens is 456 g/mol. The van der Waals surface area contributed by atoms with Gasteiger partial charge in [-0.15, -0.1) is 0 Å². The summed E-state index contributed by atoms with van der Waals surface area (Å²) in [6.45, 7) is 7.80. The van der Waals surface area contributed by atoms with E-state index in [1.54, 1.807) is 24.3 Å². The Balaban J connectivity index is 1.40. The summed E-state index contributed by atoms with van der Waals surface area (Å²) in [5.74, 6) is 0.880. The number of hydrogen-bond donors (Lipinski definition) is 4. The lowest BCUT2D eigenvalue weighted by Gasteiger charge is -2.26. The lowest BCUT2D eigenvalue weighted by Crippen LogP contribution is -2.43. The fraction of sp³-hybridized carbons (Fsp3) is 0.296. The molecular formula is C27H28N6O3. The number of phenolic OH excluding ortho intramolecular Hbond substituents is 1. The van der Waals surface area contributed by atoms with Gasteiger partial charge in [0.25, 0.3) is 5.56 Å². The molecule has 36 heavy (non-hydrogen) atoms. The molecule has 1 fully saturated rings. The van der Waals surface area contributed by atoms with Crippen LogP contribution in [-0.2, 0) is 0 Å². The number of aromatic nitrogens is 4. The molecule has 9 heteroatoms. The van der Waals surface area contributed by atoms with Crippen molar-refractivity contribution in [1.82, 2.24) is 30.4 Å². The number of benzene rings is 2. The molecule has 9 nitrogen and oxygen atoms in total. The molecule has 0 spiro atoms. The van der Waals surface area contributed by atoms with Crippen molar-refractivity contribution in [2.24, 2.45) is 0 Å². The van der Waals surface area contributed by atoms with Crippen molar-refractivity contribution in [3.05, 3.63) is 58.5 Å². The smallest absolute Gasteiger partial charge is 0.258 e. The van der Waals surface area contributed by atoms with Crippen LogP contribution in [0, 0.1) is 6.92 Å². The van der Waals surface area contributed by atoms with Gasteiger partial charge in [0.05, 0.1) is 28.6 Å². The van der Waals surface area contributed by atoms with Gasteiger partial charge in [-0.25, -0.2) is 4.98 Å². The maximum atomic E-state index is 13.5. The highest BCUT2D eigenvalue weighted by molar-refractivity contribution is 6.21. The molecule has 0 aliphatic carbocycles. The number of ether oxygens (including phenoxy) is 1. The zero-order valence-corrected chi connectivity index (χ0v) is 20.1. The first kappa shape index (κ1) is 22.5. The number of fused-ring (bicyclic) bond motifs is 5. The number of H-pyrrole nitrogens is 2. The number of nitrogens with one attached hydrogen (secondary N) is 3. The van der Waals surface area contributed by atoms with Crippen molar-refractivity contribution in [3.63, 3.8) is 0 Å². The molecule has 1 aliphatic heterocycles. The molecule has 0 atom stereocenters. The van der Waals surface area contributed by atoms with Crippen LogP contribution in [0.15, 0.2) is 47.3 Å². The summed E-state index contributed by atoms with van der Waals surface area (Å²) in [6.07, 6.45) is 0.947. The first-order valence-corrected chi connectivity index (χ1v) is 12.3. The summed E-state index contributed by atoms with van der Waals surface area (Å²) in [5, 5.41) is 23.5. The van der Waals surface area contributed by atoms with Crippen LogP contribution in [-0.4, -0.2) is 69.5 Å². The number of aryl methyl sites for hydroxylation is 1. The Labute approximate surface area is 207 Å². The number of aromatic amines is 2. The minimum Gasteiger partial charge on any atom is -0.508 e. The van der Waals surface area contributed by atoms with E-state index in [1.807, 2.05) is 25.1 Å². The average molecular weight is 485 g/mol. The third-order valence-corrected chi connectivity index (χ3v) is 6.86. The van der Waals surface area contributed by atoms with Crippen LogP contribution in [0.2, 0.25) is 0 Å². The first-order valence-electron chi connectivity index (χ1n) is 12.3. The topological polar surface area (TPSA) is 119 Å². The molecule has 0 bridgehead atoms. The summed E-state index contributed by atoms with van der Waals surface area (Å²) in [7, 11) is 0. The largest absolute Gasteiger partial charge is 0.508 e. The van der Waals surface area contributed by atoms with E-state index in [9.17, 15) is 9.90 Å². The van der Waals surface area contributed by atoms with Crippen molar-refractivity contribution >= 4 is 32.7 Å². The van der Waals surface area contributed by atoms with Crippen LogP contribution in [0.1, 0.15) is 12.1 Å². The zero-order valence-electron chi connectivity index (χ0n) is 20.1. The van der Waals surface area contributed by atoms with E-state index >= 15 is 0 Å². The minimum atomic E-state index is -0.230. The third-order valence-electron chi connectivity index (χ3n) is 6.86. The van der Waals surface area contributed by atoms with Gasteiger partial charge in [0, 0.05) is 60.8 Å². The molecule has 6 rings (SSSR count). The van der Waals surface area contributed by atoms with Crippen LogP contribution in [0.5, 0.6) is 11.5 Å². The van der Waals surface area contributed by atoms with Crippen LogP contribution < -0.4 is 15.6 Å². The molecule has 0 unspecified atom stereocenters. The standard InChI is InChI=1S/C27H28N6O3/c1-16-22-23-20-8-7-19(36-14-2-11-33-12-9-28-10-13-33)15-21(20)29-27(35)24(23)25(30-26(22)32-31-16)17-3-5-18(34)6-4-17/h3-8,15,28,34H,2,9-14H2,1H3,(H,29,35)(H,30,31,32). The van der Waals surface area contributed by atoms with E-state index in [4.69, 9.17) is 9.72 Å². The van der Waals surface area contributed by atoms with Crippen molar-refractivity contribution in [3.8, 4) is 22.8 Å². The second-order valence-corrected chi connectivity index (χ2v) is 9.26. The molecule has 1 aliphatic rings. The highest BCUT2D eigenvalue weighted by atomic mass is 16.5. The predicted molar refractivity (Wildman–Crippen MR) is 141 cm³/mol. The minimum absolute atomic E-state index is 0.152. The number of rotatable bonds is 6. The molecule has 2 aromatic carbocycles. The molecule has 4 heterocycles. The van der Waals surface area contributed by atoms with Crippen LogP contribution in [0.3, 0.4) is 0 Å². The molecule has 1 saturated heterocycles. The molecule has 0 radical (unpaired) electrons. The maximum absolute atomic E-state index is 13.5. The van der Waals surface area contributed by atoms with E-state index in [2.05, 4.69) is 25.4 Å². The van der Waals surface area contributed by atoms with Crippen molar-refractivity contribution in [1.29, 1.82) is 0 Å². The van der Waals surface area contributed by atoms with Crippen molar-refractivity contribution in [2.75, 3.05) is 39.3 Å². The van der Waals surface area contributed by atoms with Crippen molar-refractivity contribution < 1.29 is 9.84 Å². The Morgan fingerprint density at radius 1 is 1.06 bits per heavy atom. The van der Waals surface area contributed by atoms with E-state index in [1.165, 1.54) is 0 Å². The third kappa shape index (κ3) is 4.06. The zero-order chi connectivity index (χ0) is 24.6. The Morgan fingerprint density at radius 2 is 1.86 bits per heavy atom. The highest BCUT2D eigenvalue weighted by Crippen LogP contribution is 2.36. The van der Waals surface area contributed by atoms with Gasteiger partial charge in [0.1, 0.15) is 11.5 Å². The number of hydrogen-bond acceptors (Lipinski definition) is 7. The fourth-order valence-corrected chi connectivity index (χ4v) is 5.05. The van der Waals surface area contributed by atoms with Crippen molar-refractivity contribution in [2.45, 2.75) is 13.3 Å².